The molecule has 8 heteroatoms. The van der Waals surface area contributed by atoms with Gasteiger partial charge in [-0.05, 0) is 30.5 Å². The van der Waals surface area contributed by atoms with E-state index in [9.17, 15) is 19.2 Å². The van der Waals surface area contributed by atoms with Crippen LogP contribution in [-0.4, -0.2) is 46.3 Å². The lowest BCUT2D eigenvalue weighted by Crippen LogP contribution is -2.55. The molecule has 1 aromatic carbocycles. The van der Waals surface area contributed by atoms with E-state index in [0.29, 0.717) is 25.2 Å². The summed E-state index contributed by atoms with van der Waals surface area (Å²) < 4.78 is 1.79. The van der Waals surface area contributed by atoms with E-state index in [1.165, 1.54) is 0 Å². The van der Waals surface area contributed by atoms with Crippen LogP contribution in [0.15, 0.2) is 53.3 Å². The summed E-state index contributed by atoms with van der Waals surface area (Å²) in [5.74, 6) is -1.20. The molecular weight excluding hydrogens is 384 g/mol. The number of nitrogens with one attached hydrogen (secondary N) is 1. The summed E-state index contributed by atoms with van der Waals surface area (Å²) in [5, 5.41) is 2.67. The first-order valence-corrected chi connectivity index (χ1v) is 10.0. The van der Waals surface area contributed by atoms with Crippen LogP contribution in [-0.2, 0) is 16.1 Å². The van der Waals surface area contributed by atoms with Gasteiger partial charge in [-0.2, -0.15) is 0 Å². The van der Waals surface area contributed by atoms with E-state index in [0.717, 1.165) is 12.1 Å². The molecule has 2 aliphatic rings. The summed E-state index contributed by atoms with van der Waals surface area (Å²) in [4.78, 5) is 51.2. The summed E-state index contributed by atoms with van der Waals surface area (Å²) in [6.45, 7) is 1.48. The third-order valence-electron chi connectivity index (χ3n) is 5.84. The Morgan fingerprint density at radius 3 is 2.53 bits per heavy atom. The van der Waals surface area contributed by atoms with E-state index in [-0.39, 0.29) is 29.7 Å². The highest BCUT2D eigenvalue weighted by atomic mass is 16.2. The van der Waals surface area contributed by atoms with E-state index in [1.807, 2.05) is 6.07 Å². The Labute approximate surface area is 173 Å². The minimum Gasteiger partial charge on any atom is -0.370 e. The van der Waals surface area contributed by atoms with Crippen molar-refractivity contribution < 1.29 is 14.4 Å². The minimum atomic E-state index is -1.02. The van der Waals surface area contributed by atoms with Gasteiger partial charge in [0.25, 0.3) is 11.5 Å². The number of piperidine rings is 1. The van der Waals surface area contributed by atoms with Gasteiger partial charge >= 0.3 is 0 Å². The lowest BCUT2D eigenvalue weighted by Gasteiger charge is -2.43. The number of hydrogen-bond donors (Lipinski definition) is 2. The smallest absolute Gasteiger partial charge is 0.251 e. The van der Waals surface area contributed by atoms with E-state index in [2.05, 4.69) is 5.32 Å². The van der Waals surface area contributed by atoms with Crippen LogP contribution in [0.25, 0.3) is 0 Å². The highest BCUT2D eigenvalue weighted by Crippen LogP contribution is 2.35. The number of fused-ring (bicyclic) bond motifs is 4. The van der Waals surface area contributed by atoms with Crippen LogP contribution in [0, 0.1) is 5.92 Å². The van der Waals surface area contributed by atoms with Crippen molar-refractivity contribution in [3.8, 4) is 0 Å². The summed E-state index contributed by atoms with van der Waals surface area (Å²) in [6, 6.07) is 12.7. The summed E-state index contributed by atoms with van der Waals surface area (Å²) >= 11 is 0. The van der Waals surface area contributed by atoms with E-state index in [4.69, 9.17) is 5.73 Å². The van der Waals surface area contributed by atoms with Crippen LogP contribution < -0.4 is 16.6 Å². The van der Waals surface area contributed by atoms with Crippen molar-refractivity contribution in [1.82, 2.24) is 14.8 Å². The van der Waals surface area contributed by atoms with Crippen LogP contribution in [0.5, 0.6) is 0 Å². The van der Waals surface area contributed by atoms with Gasteiger partial charge in [-0.3, -0.25) is 19.2 Å². The molecule has 0 unspecified atom stereocenters. The lowest BCUT2D eigenvalue weighted by molar-refractivity contribution is -0.137. The predicted octanol–water partition coefficient (Wildman–Crippen LogP) is 0.468. The number of nitrogens with zero attached hydrogens (tertiary/aromatic N) is 2. The SMILES string of the molecule is NC(=O)C[C@H](NC(=O)c1ccccc1)C(=O)N1C[C@@H]2C[C@H](C1)c1cccc(=O)n1C2. The van der Waals surface area contributed by atoms with Crippen molar-refractivity contribution >= 4 is 17.7 Å². The van der Waals surface area contributed by atoms with Crippen LogP contribution in [0.3, 0.4) is 0 Å². The maximum Gasteiger partial charge on any atom is 0.251 e. The van der Waals surface area contributed by atoms with Gasteiger partial charge in [0.15, 0.2) is 0 Å². The molecule has 4 rings (SSSR count). The van der Waals surface area contributed by atoms with Gasteiger partial charge in [0, 0.05) is 42.9 Å². The predicted molar refractivity (Wildman–Crippen MR) is 110 cm³/mol. The number of amides is 3. The number of nitrogens with two attached hydrogens (primary N) is 1. The van der Waals surface area contributed by atoms with Crippen molar-refractivity contribution in [1.29, 1.82) is 0 Å². The number of carbonyl (C=O) groups excluding carboxylic acids is 3. The molecule has 0 radical (unpaired) electrons. The number of carbonyl (C=O) groups is 3. The number of likely N-dealkylation sites (tertiary alicyclic amines) is 1. The highest BCUT2D eigenvalue weighted by molar-refractivity contribution is 5.98. The molecule has 2 aromatic rings. The average molecular weight is 408 g/mol. The highest BCUT2D eigenvalue weighted by Gasteiger charge is 2.38. The number of hydrogen-bond acceptors (Lipinski definition) is 4. The molecule has 30 heavy (non-hydrogen) atoms. The molecule has 1 aromatic heterocycles. The lowest BCUT2D eigenvalue weighted by atomic mass is 9.83. The second kappa shape index (κ2) is 8.14. The summed E-state index contributed by atoms with van der Waals surface area (Å²) in [6.07, 6.45) is 0.642. The molecule has 2 bridgehead atoms. The number of rotatable bonds is 5. The molecule has 0 spiro atoms. The van der Waals surface area contributed by atoms with Crippen molar-refractivity contribution in [3.63, 3.8) is 0 Å². The van der Waals surface area contributed by atoms with Gasteiger partial charge in [-0.1, -0.05) is 24.3 Å². The first-order valence-electron chi connectivity index (χ1n) is 10.0. The van der Waals surface area contributed by atoms with E-state index >= 15 is 0 Å². The van der Waals surface area contributed by atoms with Crippen molar-refractivity contribution in [2.75, 3.05) is 13.1 Å². The normalized spacial score (nSPS) is 20.7. The third-order valence-corrected chi connectivity index (χ3v) is 5.84. The van der Waals surface area contributed by atoms with Crippen molar-refractivity contribution in [3.05, 3.63) is 70.1 Å². The summed E-state index contributed by atoms with van der Waals surface area (Å²) in [7, 11) is 0. The van der Waals surface area contributed by atoms with Crippen molar-refractivity contribution in [2.45, 2.75) is 31.3 Å². The molecule has 2 aliphatic heterocycles. The standard InChI is InChI=1S/C22H24N4O4/c23-19(27)10-17(24-21(29)15-5-2-1-3-6-15)22(30)25-11-14-9-16(13-25)18-7-4-8-20(28)26(18)12-14/h1-8,14,16-17H,9-13H2,(H2,23,27)(H,24,29)/t14-,16+,17-/m0/s1. The minimum absolute atomic E-state index is 0.0243. The van der Waals surface area contributed by atoms with Crippen LogP contribution in [0.1, 0.15) is 34.8 Å². The van der Waals surface area contributed by atoms with E-state index in [1.54, 1.807) is 51.9 Å². The van der Waals surface area contributed by atoms with Crippen molar-refractivity contribution in [2.24, 2.45) is 11.7 Å². The molecule has 0 saturated carbocycles. The first kappa shape index (κ1) is 19.9. The zero-order chi connectivity index (χ0) is 21.3. The van der Waals surface area contributed by atoms with Crippen LogP contribution in [0.4, 0.5) is 0 Å². The largest absolute Gasteiger partial charge is 0.370 e. The van der Waals surface area contributed by atoms with Gasteiger partial charge in [-0.25, -0.2) is 0 Å². The Balaban J connectivity index is 1.53. The second-order valence-corrected chi connectivity index (χ2v) is 8.00. The fraction of sp³-hybridized carbons (Fsp3) is 0.364. The second-order valence-electron chi connectivity index (χ2n) is 8.00. The molecule has 3 atom stereocenters. The maximum atomic E-state index is 13.2. The molecule has 156 valence electrons. The molecule has 1 saturated heterocycles. The Bertz CT molecular complexity index is 1030. The molecular formula is C22H24N4O4. The monoisotopic (exact) mass is 408 g/mol. The van der Waals surface area contributed by atoms with Gasteiger partial charge in [0.1, 0.15) is 6.04 Å². The number of primary amides is 1. The zero-order valence-electron chi connectivity index (χ0n) is 16.5. The topological polar surface area (TPSA) is 114 Å². The Kier molecular flexibility index (Phi) is 5.39. The van der Waals surface area contributed by atoms with E-state index < -0.39 is 17.9 Å². The average Bonchev–Trinajstić information content (AvgIpc) is 2.73. The third kappa shape index (κ3) is 3.98. The molecule has 8 nitrogen and oxygen atoms in total. The Morgan fingerprint density at radius 2 is 1.80 bits per heavy atom. The zero-order valence-corrected chi connectivity index (χ0v) is 16.5. The van der Waals surface area contributed by atoms with Gasteiger partial charge in [0.2, 0.25) is 11.8 Å². The van der Waals surface area contributed by atoms with Crippen LogP contribution >= 0.6 is 0 Å². The number of benzene rings is 1. The quantitative estimate of drug-likeness (QED) is 0.748. The van der Waals surface area contributed by atoms with Gasteiger partial charge in [0.05, 0.1) is 6.42 Å². The van der Waals surface area contributed by atoms with Crippen LogP contribution in [0.2, 0.25) is 0 Å². The van der Waals surface area contributed by atoms with Gasteiger partial charge in [-0.15, -0.1) is 0 Å². The Morgan fingerprint density at radius 1 is 1.03 bits per heavy atom. The molecule has 1 fully saturated rings. The maximum absolute atomic E-state index is 13.2. The first-order chi connectivity index (χ1) is 14.4. The Hall–Kier alpha value is -3.42. The molecule has 3 heterocycles. The molecule has 0 aliphatic carbocycles. The number of pyridine rings is 1. The molecule has 3 amide bonds. The fourth-order valence-electron chi connectivity index (χ4n) is 4.53. The number of aromatic nitrogens is 1. The molecule has 3 N–H and O–H groups in total. The van der Waals surface area contributed by atoms with Gasteiger partial charge < -0.3 is 20.5 Å². The summed E-state index contributed by atoms with van der Waals surface area (Å²) in [5.41, 5.74) is 6.66. The fourth-order valence-corrected chi connectivity index (χ4v) is 4.53.